The first-order chi connectivity index (χ1) is 10.3. The van der Waals surface area contributed by atoms with Crippen LogP contribution in [0.3, 0.4) is 0 Å². The van der Waals surface area contributed by atoms with Gasteiger partial charge >= 0.3 is 6.18 Å². The number of aliphatic hydroxyl groups excluding tert-OH is 1. The first-order valence-corrected chi connectivity index (χ1v) is 7.57. The zero-order chi connectivity index (χ0) is 16.8. The van der Waals surface area contributed by atoms with Crippen LogP contribution in [0.1, 0.15) is 45.4 Å². The van der Waals surface area contributed by atoms with Crippen molar-refractivity contribution >= 4 is 11.8 Å². The van der Waals surface area contributed by atoms with E-state index in [2.05, 4.69) is 5.32 Å². The number of hydrogen-bond acceptors (Lipinski definition) is 3. The van der Waals surface area contributed by atoms with Crippen molar-refractivity contribution < 1.29 is 27.9 Å². The molecule has 1 aliphatic heterocycles. The second-order valence-electron chi connectivity index (χ2n) is 5.55. The molecule has 2 N–H and O–H groups in total. The molecule has 0 aromatic rings. The van der Waals surface area contributed by atoms with Gasteiger partial charge in [0.2, 0.25) is 11.8 Å². The fraction of sp³-hybridized carbons (Fsp3) is 0.857. The normalized spacial score (nSPS) is 20.0. The average molecular weight is 324 g/mol. The molecule has 8 heteroatoms. The van der Waals surface area contributed by atoms with Gasteiger partial charge in [0.1, 0.15) is 0 Å². The molecule has 2 amide bonds. The van der Waals surface area contributed by atoms with Crippen molar-refractivity contribution in [2.24, 2.45) is 0 Å². The lowest BCUT2D eigenvalue weighted by Gasteiger charge is -2.28. The summed E-state index contributed by atoms with van der Waals surface area (Å²) < 4.78 is 37.5. The number of nitrogens with one attached hydrogen (secondary N) is 1. The molecule has 0 spiro atoms. The SMILES string of the molecule is CC[C@H](NC(=O)CN1CCCCCCC1=O)[C@H](O)C(F)(F)F. The van der Waals surface area contributed by atoms with Gasteiger partial charge in [-0.2, -0.15) is 13.2 Å². The van der Waals surface area contributed by atoms with E-state index in [1.165, 1.54) is 11.8 Å². The van der Waals surface area contributed by atoms with Crippen LogP contribution in [0.4, 0.5) is 13.2 Å². The summed E-state index contributed by atoms with van der Waals surface area (Å²) in [7, 11) is 0. The molecule has 1 rings (SSSR count). The second-order valence-corrected chi connectivity index (χ2v) is 5.55. The van der Waals surface area contributed by atoms with Gasteiger partial charge in [0.25, 0.3) is 0 Å². The Labute approximate surface area is 127 Å². The van der Waals surface area contributed by atoms with Crippen LogP contribution in [0.2, 0.25) is 0 Å². The topological polar surface area (TPSA) is 69.6 Å². The van der Waals surface area contributed by atoms with Crippen molar-refractivity contribution in [1.29, 1.82) is 0 Å². The number of amides is 2. The summed E-state index contributed by atoms with van der Waals surface area (Å²) in [6.45, 7) is 1.62. The van der Waals surface area contributed by atoms with E-state index in [4.69, 9.17) is 0 Å². The first-order valence-electron chi connectivity index (χ1n) is 7.57. The molecule has 0 aromatic carbocycles. The van der Waals surface area contributed by atoms with E-state index in [0.29, 0.717) is 13.0 Å². The minimum absolute atomic E-state index is 0.0552. The fourth-order valence-electron chi connectivity index (χ4n) is 2.44. The van der Waals surface area contributed by atoms with Crippen molar-refractivity contribution in [3.63, 3.8) is 0 Å². The number of likely N-dealkylation sites (tertiary alicyclic amines) is 1. The summed E-state index contributed by atoms with van der Waals surface area (Å²) in [4.78, 5) is 25.1. The summed E-state index contributed by atoms with van der Waals surface area (Å²) in [5.41, 5.74) is 0. The zero-order valence-corrected chi connectivity index (χ0v) is 12.7. The molecular formula is C14H23F3N2O3. The highest BCUT2D eigenvalue weighted by molar-refractivity contribution is 5.85. The van der Waals surface area contributed by atoms with Gasteiger partial charge in [-0.25, -0.2) is 0 Å². The third kappa shape index (κ3) is 5.82. The molecule has 0 radical (unpaired) electrons. The third-order valence-electron chi connectivity index (χ3n) is 3.76. The number of rotatable bonds is 5. The van der Waals surface area contributed by atoms with Gasteiger partial charge < -0.3 is 15.3 Å². The molecular weight excluding hydrogens is 301 g/mol. The third-order valence-corrected chi connectivity index (χ3v) is 3.76. The number of hydrogen-bond donors (Lipinski definition) is 2. The van der Waals surface area contributed by atoms with Crippen LogP contribution in [-0.2, 0) is 9.59 Å². The van der Waals surface area contributed by atoms with Crippen LogP contribution in [0.5, 0.6) is 0 Å². The lowest BCUT2D eigenvalue weighted by Crippen LogP contribution is -2.52. The molecule has 1 saturated heterocycles. The molecule has 0 aliphatic carbocycles. The lowest BCUT2D eigenvalue weighted by molar-refractivity contribution is -0.212. The summed E-state index contributed by atoms with van der Waals surface area (Å²) >= 11 is 0. The smallest absolute Gasteiger partial charge is 0.382 e. The van der Waals surface area contributed by atoms with E-state index in [9.17, 15) is 27.9 Å². The maximum atomic E-state index is 12.5. The summed E-state index contributed by atoms with van der Waals surface area (Å²) in [5.74, 6) is -0.830. The molecule has 1 aliphatic rings. The molecule has 1 fully saturated rings. The number of nitrogens with zero attached hydrogens (tertiary/aromatic N) is 1. The van der Waals surface area contributed by atoms with Gasteiger partial charge in [0.05, 0.1) is 12.6 Å². The molecule has 1 heterocycles. The number of halogens is 3. The van der Waals surface area contributed by atoms with Crippen LogP contribution in [-0.4, -0.2) is 53.2 Å². The van der Waals surface area contributed by atoms with Crippen LogP contribution in [0, 0.1) is 0 Å². The van der Waals surface area contributed by atoms with Gasteiger partial charge in [0.15, 0.2) is 6.10 Å². The maximum Gasteiger partial charge on any atom is 0.416 e. The van der Waals surface area contributed by atoms with Gasteiger partial charge in [-0.05, 0) is 19.3 Å². The zero-order valence-electron chi connectivity index (χ0n) is 12.7. The van der Waals surface area contributed by atoms with Crippen molar-refractivity contribution in [2.45, 2.75) is 63.8 Å². The number of carbonyl (C=O) groups is 2. The first kappa shape index (κ1) is 18.7. The van der Waals surface area contributed by atoms with Crippen molar-refractivity contribution in [3.05, 3.63) is 0 Å². The van der Waals surface area contributed by atoms with Gasteiger partial charge in [-0.3, -0.25) is 9.59 Å². The summed E-state index contributed by atoms with van der Waals surface area (Å²) in [5, 5.41) is 11.4. The van der Waals surface area contributed by atoms with E-state index in [1.807, 2.05) is 0 Å². The highest BCUT2D eigenvalue weighted by atomic mass is 19.4. The Morgan fingerprint density at radius 1 is 1.32 bits per heavy atom. The van der Waals surface area contributed by atoms with E-state index in [1.54, 1.807) is 0 Å². The standard InChI is InChI=1S/C14H23F3N2O3/c1-2-10(13(22)14(15,16)17)18-11(20)9-19-8-6-4-3-5-7-12(19)21/h10,13,22H,2-9H2,1H3,(H,18,20)/t10-,13-/m0/s1. The number of alkyl halides is 3. The minimum Gasteiger partial charge on any atom is -0.382 e. The van der Waals surface area contributed by atoms with Crippen LogP contribution >= 0.6 is 0 Å². The monoisotopic (exact) mass is 324 g/mol. The lowest BCUT2D eigenvalue weighted by atomic mass is 10.1. The van der Waals surface area contributed by atoms with Gasteiger partial charge in [0, 0.05) is 13.0 Å². The van der Waals surface area contributed by atoms with E-state index < -0.39 is 24.2 Å². The minimum atomic E-state index is -4.79. The van der Waals surface area contributed by atoms with Gasteiger partial charge in [-0.15, -0.1) is 0 Å². The molecule has 0 saturated carbocycles. The predicted molar refractivity (Wildman–Crippen MR) is 73.9 cm³/mol. The Morgan fingerprint density at radius 3 is 2.55 bits per heavy atom. The Hall–Kier alpha value is -1.31. The maximum absolute atomic E-state index is 12.5. The Balaban J connectivity index is 2.57. The van der Waals surface area contributed by atoms with Crippen LogP contribution in [0.15, 0.2) is 0 Å². The van der Waals surface area contributed by atoms with E-state index in [-0.39, 0.29) is 18.9 Å². The number of carbonyl (C=O) groups excluding carboxylic acids is 2. The van der Waals surface area contributed by atoms with Crippen LogP contribution in [0.25, 0.3) is 0 Å². The Bertz CT molecular complexity index is 388. The van der Waals surface area contributed by atoms with Crippen molar-refractivity contribution in [3.8, 4) is 0 Å². The van der Waals surface area contributed by atoms with E-state index in [0.717, 1.165) is 25.7 Å². The second kappa shape index (κ2) is 8.36. The summed E-state index contributed by atoms with van der Waals surface area (Å²) in [6, 6.07) is -1.41. The van der Waals surface area contributed by atoms with Gasteiger partial charge in [-0.1, -0.05) is 19.8 Å². The highest BCUT2D eigenvalue weighted by Gasteiger charge is 2.43. The van der Waals surface area contributed by atoms with Crippen molar-refractivity contribution in [1.82, 2.24) is 10.2 Å². The molecule has 2 atom stereocenters. The van der Waals surface area contributed by atoms with E-state index >= 15 is 0 Å². The molecule has 128 valence electrons. The predicted octanol–water partition coefficient (Wildman–Crippen LogP) is 1.60. The molecule has 0 unspecified atom stereocenters. The quantitative estimate of drug-likeness (QED) is 0.807. The molecule has 5 nitrogen and oxygen atoms in total. The average Bonchev–Trinajstić information content (AvgIpc) is 2.42. The Kier molecular flexibility index (Phi) is 7.12. The fourth-order valence-corrected chi connectivity index (χ4v) is 2.44. The van der Waals surface area contributed by atoms with Crippen molar-refractivity contribution in [2.75, 3.05) is 13.1 Å². The Morgan fingerprint density at radius 2 is 1.95 bits per heavy atom. The molecule has 22 heavy (non-hydrogen) atoms. The van der Waals surface area contributed by atoms with Crippen LogP contribution < -0.4 is 5.32 Å². The summed E-state index contributed by atoms with van der Waals surface area (Å²) in [6.07, 6.45) is -3.61. The molecule has 0 aromatic heterocycles. The number of aliphatic hydroxyl groups is 1. The molecule has 0 bridgehead atoms. The highest BCUT2D eigenvalue weighted by Crippen LogP contribution is 2.23. The largest absolute Gasteiger partial charge is 0.416 e.